The lowest BCUT2D eigenvalue weighted by Crippen LogP contribution is -2.25. The molecule has 5 heteroatoms. The molecule has 0 spiro atoms. The Bertz CT molecular complexity index is 2830. The molecule has 0 amide bonds. The molecule has 284 valence electrons. The Labute approximate surface area is 336 Å². The number of ether oxygens (including phenoxy) is 1. The second kappa shape index (κ2) is 13.7. The van der Waals surface area contributed by atoms with Crippen LogP contribution in [0.3, 0.4) is 0 Å². The van der Waals surface area contributed by atoms with E-state index in [-0.39, 0.29) is 5.41 Å². The minimum atomic E-state index is -0.00503. The van der Waals surface area contributed by atoms with Crippen LogP contribution in [0.25, 0.3) is 38.8 Å². The van der Waals surface area contributed by atoms with E-state index in [9.17, 15) is 0 Å². The molecule has 3 heterocycles. The van der Waals surface area contributed by atoms with E-state index in [1.807, 2.05) is 6.20 Å². The van der Waals surface area contributed by atoms with Gasteiger partial charge in [0.1, 0.15) is 24.0 Å². The third kappa shape index (κ3) is 6.32. The Hall–Kier alpha value is -6.33. The van der Waals surface area contributed by atoms with Crippen LogP contribution in [-0.4, -0.2) is 16.2 Å². The summed E-state index contributed by atoms with van der Waals surface area (Å²) in [6.45, 7) is 20.7. The maximum atomic E-state index is 6.90. The van der Waals surface area contributed by atoms with Gasteiger partial charge in [0, 0.05) is 40.4 Å². The van der Waals surface area contributed by atoms with Crippen molar-refractivity contribution in [3.8, 4) is 28.4 Å². The lowest BCUT2D eigenvalue weighted by molar-refractivity contribution is 0.483. The van der Waals surface area contributed by atoms with Crippen LogP contribution in [0.2, 0.25) is 0 Å². The molecule has 8 aromatic rings. The number of anilines is 4. The summed E-state index contributed by atoms with van der Waals surface area (Å²) in [5.41, 5.74) is 18.2. The smallest absolute Gasteiger partial charge is 0.137 e. The molecule has 0 aliphatic carbocycles. The third-order valence-corrected chi connectivity index (χ3v) is 11.6. The van der Waals surface area contributed by atoms with E-state index in [4.69, 9.17) is 9.72 Å². The first kappa shape index (κ1) is 36.3. The van der Waals surface area contributed by atoms with Crippen molar-refractivity contribution in [1.29, 1.82) is 0 Å². The fourth-order valence-corrected chi connectivity index (χ4v) is 9.23. The lowest BCUT2D eigenvalue weighted by Gasteiger charge is -2.27. The first-order valence-electron chi connectivity index (χ1n) is 20.0. The Morgan fingerprint density at radius 3 is 1.84 bits per heavy atom. The van der Waals surface area contributed by atoms with Gasteiger partial charge in [0.05, 0.1) is 28.1 Å². The van der Waals surface area contributed by atoms with Crippen LogP contribution >= 0.6 is 0 Å². The summed E-state index contributed by atoms with van der Waals surface area (Å²) >= 11 is 0. The summed E-state index contributed by atoms with van der Waals surface area (Å²) in [6, 6.07) is 43.9. The number of rotatable bonds is 6. The predicted molar refractivity (Wildman–Crippen MR) is 240 cm³/mol. The minimum absolute atomic E-state index is 0.00503. The second-order valence-electron chi connectivity index (χ2n) is 17.0. The molecule has 1 aliphatic rings. The Morgan fingerprint density at radius 2 is 1.14 bits per heavy atom. The van der Waals surface area contributed by atoms with Crippen LogP contribution in [0.4, 0.5) is 22.7 Å². The minimum Gasteiger partial charge on any atom is -0.457 e. The largest absolute Gasteiger partial charge is 0.457 e. The highest BCUT2D eigenvalue weighted by Crippen LogP contribution is 2.50. The number of hydrogen-bond acceptors (Lipinski definition) is 4. The fraction of sp³-hybridized carbons (Fsp3) is 0.212. The number of aromatic nitrogens is 2. The van der Waals surface area contributed by atoms with Gasteiger partial charge in [-0.05, 0) is 135 Å². The topological polar surface area (TPSA) is 33.5 Å². The maximum Gasteiger partial charge on any atom is 0.137 e. The summed E-state index contributed by atoms with van der Waals surface area (Å²) in [5.74, 6) is 2.46. The van der Waals surface area contributed by atoms with Gasteiger partial charge in [-0.1, -0.05) is 86.5 Å². The number of fused-ring (bicyclic) bond motifs is 4. The molecule has 57 heavy (non-hydrogen) atoms. The van der Waals surface area contributed by atoms with Crippen molar-refractivity contribution in [2.75, 3.05) is 16.5 Å². The van der Waals surface area contributed by atoms with Gasteiger partial charge in [0.2, 0.25) is 0 Å². The van der Waals surface area contributed by atoms with E-state index in [1.54, 1.807) is 0 Å². The number of nitrogens with zero attached hydrogens (tertiary/aromatic N) is 4. The number of pyridine rings is 1. The molecule has 0 radical (unpaired) electrons. The van der Waals surface area contributed by atoms with Crippen molar-refractivity contribution in [2.45, 2.75) is 67.7 Å². The van der Waals surface area contributed by atoms with Crippen LogP contribution in [0.5, 0.6) is 11.5 Å². The molecule has 0 unspecified atom stereocenters. The number of hydrogen-bond donors (Lipinski definition) is 0. The molecule has 0 fully saturated rings. The molecule has 0 atom stereocenters. The van der Waals surface area contributed by atoms with Crippen LogP contribution in [0.1, 0.15) is 59.7 Å². The average Bonchev–Trinajstić information content (AvgIpc) is 3.70. The van der Waals surface area contributed by atoms with Crippen LogP contribution in [0.15, 0.2) is 128 Å². The van der Waals surface area contributed by atoms with Gasteiger partial charge < -0.3 is 14.5 Å². The van der Waals surface area contributed by atoms with Crippen molar-refractivity contribution >= 4 is 44.6 Å². The van der Waals surface area contributed by atoms with E-state index in [2.05, 4.69) is 198 Å². The highest BCUT2D eigenvalue weighted by Gasteiger charge is 2.32. The highest BCUT2D eigenvalue weighted by atomic mass is 16.5. The summed E-state index contributed by atoms with van der Waals surface area (Å²) < 4.78 is 9.17. The number of benzene rings is 6. The Kier molecular flexibility index (Phi) is 8.73. The van der Waals surface area contributed by atoms with E-state index >= 15 is 0 Å². The monoisotopic (exact) mass is 746 g/mol. The van der Waals surface area contributed by atoms with Crippen LogP contribution in [-0.2, 0) is 5.41 Å². The SMILES string of the molecule is Cc1cc(C)c(-c2ccc(Oc3ccc4c5ccccc5n(-c5cc(C(C)(C)C)ccn5)c4c3)cc2N2CN(c3c(C)cc(C)cc3C)c3ccccc32)c(C)c1. The molecule has 2 aromatic heterocycles. The molecule has 6 aromatic carbocycles. The van der Waals surface area contributed by atoms with Gasteiger partial charge in [-0.3, -0.25) is 4.57 Å². The first-order chi connectivity index (χ1) is 27.4. The van der Waals surface area contributed by atoms with Crippen molar-refractivity contribution in [2.24, 2.45) is 0 Å². The summed E-state index contributed by atoms with van der Waals surface area (Å²) in [4.78, 5) is 9.83. The van der Waals surface area contributed by atoms with Crippen molar-refractivity contribution in [3.05, 3.63) is 166 Å². The predicted octanol–water partition coefficient (Wildman–Crippen LogP) is 14.0. The zero-order valence-electron chi connectivity index (χ0n) is 34.5. The molecular weight excluding hydrogens is 697 g/mol. The molecule has 0 saturated heterocycles. The van der Waals surface area contributed by atoms with Gasteiger partial charge in [0.15, 0.2) is 0 Å². The molecule has 1 aliphatic heterocycles. The molecule has 0 N–H and O–H groups in total. The van der Waals surface area contributed by atoms with Gasteiger partial charge in [-0.15, -0.1) is 0 Å². The number of aryl methyl sites for hydroxylation is 6. The Balaban J connectivity index is 1.19. The van der Waals surface area contributed by atoms with Crippen molar-refractivity contribution in [1.82, 2.24) is 9.55 Å². The highest BCUT2D eigenvalue weighted by molar-refractivity contribution is 6.09. The molecule has 0 saturated carbocycles. The second-order valence-corrected chi connectivity index (χ2v) is 17.0. The first-order valence-corrected chi connectivity index (χ1v) is 20.0. The van der Waals surface area contributed by atoms with Gasteiger partial charge in [-0.2, -0.15) is 0 Å². The third-order valence-electron chi connectivity index (χ3n) is 11.6. The van der Waals surface area contributed by atoms with Crippen LogP contribution in [0, 0.1) is 41.5 Å². The molecular formula is C52H50N4O. The summed E-state index contributed by atoms with van der Waals surface area (Å²) in [6.07, 6.45) is 1.93. The van der Waals surface area contributed by atoms with E-state index in [1.165, 1.54) is 72.5 Å². The van der Waals surface area contributed by atoms with Crippen LogP contribution < -0.4 is 14.5 Å². The van der Waals surface area contributed by atoms with Gasteiger partial charge in [-0.25, -0.2) is 4.98 Å². The zero-order valence-corrected chi connectivity index (χ0v) is 34.5. The standard InChI is InChI=1S/C52H50N4O/c1-32-24-34(3)50(35(4)25-32)43-21-19-39(29-47(43)54-31-55(46-17-13-12-16-45(46)54)51-36(5)26-33(2)27-37(51)6)57-40-18-20-42-41-14-10-11-15-44(41)56(48(42)30-40)49-28-38(22-23-53-49)52(7,8)9/h10-30H,31H2,1-9H3. The van der Waals surface area contributed by atoms with E-state index in [0.29, 0.717) is 6.67 Å². The fourth-order valence-electron chi connectivity index (χ4n) is 9.23. The van der Waals surface area contributed by atoms with Gasteiger partial charge in [0.25, 0.3) is 0 Å². The molecule has 9 rings (SSSR count). The van der Waals surface area contributed by atoms with E-state index < -0.39 is 0 Å². The zero-order chi connectivity index (χ0) is 39.7. The summed E-state index contributed by atoms with van der Waals surface area (Å²) in [5, 5.41) is 2.35. The average molecular weight is 747 g/mol. The lowest BCUT2D eigenvalue weighted by atomic mass is 9.88. The molecule has 5 nitrogen and oxygen atoms in total. The maximum absolute atomic E-state index is 6.90. The van der Waals surface area contributed by atoms with E-state index in [0.717, 1.165) is 39.4 Å². The quantitative estimate of drug-likeness (QED) is 0.170. The summed E-state index contributed by atoms with van der Waals surface area (Å²) in [7, 11) is 0. The normalized spacial score (nSPS) is 12.9. The van der Waals surface area contributed by atoms with Crippen molar-refractivity contribution < 1.29 is 4.74 Å². The Morgan fingerprint density at radius 1 is 0.544 bits per heavy atom. The van der Waals surface area contributed by atoms with Gasteiger partial charge >= 0.3 is 0 Å². The van der Waals surface area contributed by atoms with Crippen molar-refractivity contribution in [3.63, 3.8) is 0 Å². The number of para-hydroxylation sites is 3. The molecule has 0 bridgehead atoms.